The molecule has 0 saturated carbocycles. The van der Waals surface area contributed by atoms with Gasteiger partial charge in [0.25, 0.3) is 0 Å². The normalized spacial score (nSPS) is 29.5. The van der Waals surface area contributed by atoms with Gasteiger partial charge in [-0.2, -0.15) is 5.26 Å². The van der Waals surface area contributed by atoms with Crippen LogP contribution in [-0.4, -0.2) is 38.1 Å². The van der Waals surface area contributed by atoms with Crippen LogP contribution in [0.25, 0.3) is 5.69 Å². The molecular weight excluding hydrogens is 326 g/mol. The lowest BCUT2D eigenvalue weighted by Crippen LogP contribution is -2.32. The van der Waals surface area contributed by atoms with E-state index >= 15 is 0 Å². The Morgan fingerprint density at radius 1 is 1.36 bits per heavy atom. The molecule has 0 unspecified atom stereocenters. The summed E-state index contributed by atoms with van der Waals surface area (Å²) in [7, 11) is 1.41. The van der Waals surface area contributed by atoms with E-state index in [1.807, 2.05) is 6.07 Å². The highest BCUT2D eigenvalue weighted by molar-refractivity contribution is 5.61. The highest BCUT2D eigenvalue weighted by Gasteiger charge is 2.64. The van der Waals surface area contributed by atoms with Gasteiger partial charge < -0.3 is 24.8 Å². The maximum atomic E-state index is 10.8. The van der Waals surface area contributed by atoms with E-state index in [0.29, 0.717) is 23.2 Å². The molecule has 25 heavy (non-hydrogen) atoms. The Labute approximate surface area is 143 Å². The summed E-state index contributed by atoms with van der Waals surface area (Å²) in [5, 5.41) is 40.9. The number of aliphatic hydroxyl groups is 1. The molecule has 8 nitrogen and oxygen atoms in total. The average molecular weight is 343 g/mol. The molecule has 2 aliphatic heterocycles. The average Bonchev–Trinajstić information content (AvgIpc) is 3.08. The highest BCUT2D eigenvalue weighted by atomic mass is 16.6. The summed E-state index contributed by atoms with van der Waals surface area (Å²) in [5.41, 5.74) is -0.721. The number of ether oxygens (including phenoxy) is 2. The standard InChI is InChI=1S/C17H17N3O5/c1-16-5-11(21)17(2,25-16)13-12(16)14(22)20(15(13)23)8-4-10(24-3)9(6-18)19-7-8/h4,7,11,21-23H,5H2,1-3H3/t11-,16+,17-/m0/s1. The number of pyridine rings is 1. The van der Waals surface area contributed by atoms with Crippen LogP contribution < -0.4 is 4.74 Å². The van der Waals surface area contributed by atoms with E-state index in [0.717, 1.165) is 0 Å². The second-order valence-corrected chi connectivity index (χ2v) is 6.75. The predicted octanol–water partition coefficient (Wildman–Crippen LogP) is 1.39. The largest absolute Gasteiger partial charge is 0.494 e. The third kappa shape index (κ3) is 1.74. The number of aromatic hydroxyl groups is 2. The number of hydrogen-bond acceptors (Lipinski definition) is 7. The molecule has 4 heterocycles. The number of methoxy groups -OCH3 is 1. The number of nitrogens with zero attached hydrogens (tertiary/aromatic N) is 3. The molecule has 1 fully saturated rings. The van der Waals surface area contributed by atoms with E-state index in [1.165, 1.54) is 23.9 Å². The number of aliphatic hydroxyl groups excluding tert-OH is 1. The van der Waals surface area contributed by atoms with Crippen molar-refractivity contribution in [2.45, 2.75) is 37.6 Å². The summed E-state index contributed by atoms with van der Waals surface area (Å²) in [4.78, 5) is 4.00. The van der Waals surface area contributed by atoms with Gasteiger partial charge in [0.1, 0.15) is 11.7 Å². The molecule has 2 aliphatic rings. The van der Waals surface area contributed by atoms with Gasteiger partial charge >= 0.3 is 0 Å². The lowest BCUT2D eigenvalue weighted by Gasteiger charge is -2.25. The van der Waals surface area contributed by atoms with E-state index in [-0.39, 0.29) is 23.2 Å². The van der Waals surface area contributed by atoms with Gasteiger partial charge in [0.15, 0.2) is 11.4 Å². The lowest BCUT2D eigenvalue weighted by atomic mass is 9.78. The minimum Gasteiger partial charge on any atom is -0.494 e. The number of nitriles is 1. The molecular formula is C17H17N3O5. The molecule has 0 aliphatic carbocycles. The predicted molar refractivity (Wildman–Crippen MR) is 84.6 cm³/mol. The van der Waals surface area contributed by atoms with Gasteiger partial charge in [-0.15, -0.1) is 0 Å². The Hall–Kier alpha value is -2.76. The Balaban J connectivity index is 1.97. The molecule has 130 valence electrons. The molecule has 0 aromatic carbocycles. The Kier molecular flexibility index (Phi) is 2.93. The molecule has 3 atom stereocenters. The van der Waals surface area contributed by atoms with Crippen LogP contribution in [0.4, 0.5) is 0 Å². The van der Waals surface area contributed by atoms with E-state index in [2.05, 4.69) is 4.98 Å². The van der Waals surface area contributed by atoms with Crippen LogP contribution in [0.5, 0.6) is 17.5 Å². The Bertz CT molecular complexity index is 947. The van der Waals surface area contributed by atoms with Gasteiger partial charge in [0, 0.05) is 12.5 Å². The van der Waals surface area contributed by atoms with Gasteiger partial charge in [-0.05, 0) is 13.8 Å². The Morgan fingerprint density at radius 3 is 2.68 bits per heavy atom. The van der Waals surface area contributed by atoms with Crippen LogP contribution >= 0.6 is 0 Å². The summed E-state index contributed by atoms with van der Waals surface area (Å²) >= 11 is 0. The fourth-order valence-electron chi connectivity index (χ4n) is 4.07. The van der Waals surface area contributed by atoms with Gasteiger partial charge in [0.2, 0.25) is 11.8 Å². The van der Waals surface area contributed by atoms with E-state index in [4.69, 9.17) is 14.7 Å². The molecule has 2 bridgehead atoms. The van der Waals surface area contributed by atoms with Crippen LogP contribution in [0, 0.1) is 11.3 Å². The van der Waals surface area contributed by atoms with Crippen molar-refractivity contribution in [2.75, 3.05) is 7.11 Å². The monoisotopic (exact) mass is 343 g/mol. The quantitative estimate of drug-likeness (QED) is 0.753. The third-order valence-electron chi connectivity index (χ3n) is 5.22. The highest BCUT2D eigenvalue weighted by Crippen LogP contribution is 2.64. The van der Waals surface area contributed by atoms with Crippen molar-refractivity contribution in [3.63, 3.8) is 0 Å². The van der Waals surface area contributed by atoms with Crippen molar-refractivity contribution in [2.24, 2.45) is 0 Å². The zero-order valence-corrected chi connectivity index (χ0v) is 13.9. The summed E-state index contributed by atoms with van der Waals surface area (Å²) in [6.45, 7) is 3.46. The van der Waals surface area contributed by atoms with Crippen LogP contribution in [0.15, 0.2) is 12.3 Å². The number of aromatic nitrogens is 2. The zero-order chi connectivity index (χ0) is 18.1. The summed E-state index contributed by atoms with van der Waals surface area (Å²) in [6.07, 6.45) is 0.891. The first-order valence-corrected chi connectivity index (χ1v) is 7.77. The fourth-order valence-corrected chi connectivity index (χ4v) is 4.07. The van der Waals surface area contributed by atoms with Gasteiger partial charge in [0.05, 0.1) is 41.8 Å². The lowest BCUT2D eigenvalue weighted by molar-refractivity contribution is -0.0936. The molecule has 1 saturated heterocycles. The number of hydrogen-bond donors (Lipinski definition) is 3. The minimum atomic E-state index is -1.10. The number of rotatable bonds is 2. The third-order valence-corrected chi connectivity index (χ3v) is 5.22. The van der Waals surface area contributed by atoms with Gasteiger partial charge in [-0.1, -0.05) is 0 Å². The van der Waals surface area contributed by atoms with Crippen molar-refractivity contribution < 1.29 is 24.8 Å². The molecule has 2 aromatic rings. The van der Waals surface area contributed by atoms with E-state index in [9.17, 15) is 15.3 Å². The first kappa shape index (κ1) is 15.7. The van der Waals surface area contributed by atoms with Crippen molar-refractivity contribution in [3.05, 3.63) is 29.1 Å². The van der Waals surface area contributed by atoms with Crippen LogP contribution in [-0.2, 0) is 15.9 Å². The minimum absolute atomic E-state index is 0.0997. The zero-order valence-electron chi connectivity index (χ0n) is 13.9. The molecule has 3 N–H and O–H groups in total. The summed E-state index contributed by atoms with van der Waals surface area (Å²) in [6, 6.07) is 3.42. The fraction of sp³-hybridized carbons (Fsp3) is 0.412. The smallest absolute Gasteiger partial charge is 0.205 e. The van der Waals surface area contributed by atoms with Crippen molar-refractivity contribution in [1.29, 1.82) is 5.26 Å². The van der Waals surface area contributed by atoms with Crippen molar-refractivity contribution in [3.8, 4) is 29.3 Å². The molecule has 4 rings (SSSR count). The Morgan fingerprint density at radius 2 is 2.04 bits per heavy atom. The van der Waals surface area contributed by atoms with E-state index < -0.39 is 17.3 Å². The van der Waals surface area contributed by atoms with Crippen molar-refractivity contribution in [1.82, 2.24) is 9.55 Å². The second-order valence-electron chi connectivity index (χ2n) is 6.75. The topological polar surface area (TPSA) is 121 Å². The van der Waals surface area contributed by atoms with E-state index in [1.54, 1.807) is 13.8 Å². The maximum absolute atomic E-state index is 10.8. The van der Waals surface area contributed by atoms with Crippen LogP contribution in [0.1, 0.15) is 37.1 Å². The molecule has 8 heteroatoms. The SMILES string of the molecule is COc1cc(-n2c(O)c3c(c2O)[C@@]2(C)O[C@]3(C)C[C@@H]2O)cnc1C#N. The first-order chi connectivity index (χ1) is 11.8. The maximum Gasteiger partial charge on any atom is 0.205 e. The molecule has 0 amide bonds. The van der Waals surface area contributed by atoms with Crippen molar-refractivity contribution >= 4 is 0 Å². The second kappa shape index (κ2) is 4.65. The molecule has 0 radical (unpaired) electrons. The van der Waals surface area contributed by atoms with Gasteiger partial charge in [-0.3, -0.25) is 0 Å². The number of fused-ring (bicyclic) bond motifs is 5. The summed E-state index contributed by atoms with van der Waals surface area (Å²) < 4.78 is 12.3. The van der Waals surface area contributed by atoms with Crippen LogP contribution in [0.3, 0.4) is 0 Å². The molecule has 0 spiro atoms. The first-order valence-electron chi connectivity index (χ1n) is 7.77. The van der Waals surface area contributed by atoms with Crippen LogP contribution in [0.2, 0.25) is 0 Å². The molecule has 2 aromatic heterocycles. The van der Waals surface area contributed by atoms with Gasteiger partial charge in [-0.25, -0.2) is 9.55 Å². The summed E-state index contributed by atoms with van der Waals surface area (Å²) in [5.74, 6) is -0.186.